The average molecular weight is 310 g/mol. The normalized spacial score (nSPS) is 16.6. The summed E-state index contributed by atoms with van der Waals surface area (Å²) in [6, 6.07) is 7.45. The number of anilines is 1. The number of halogens is 1. The number of thioether (sulfide) groups is 1. The van der Waals surface area contributed by atoms with E-state index in [2.05, 4.69) is 11.4 Å². The Labute approximate surface area is 127 Å². The number of carbonyl (C=O) groups is 1. The monoisotopic (exact) mass is 309 g/mol. The van der Waals surface area contributed by atoms with Crippen LogP contribution in [0.15, 0.2) is 23.1 Å². The van der Waals surface area contributed by atoms with Crippen molar-refractivity contribution in [3.8, 4) is 6.07 Å². The standard InChI is InChI=1S/C14H16ClN3OS/c15-11-7-10(17)3-4-12(11)20-8-13(19)18-14(9-16)5-1-2-6-14/h3-4,7H,1-2,5-6,8,17H2,(H,18,19). The second kappa shape index (κ2) is 6.38. The summed E-state index contributed by atoms with van der Waals surface area (Å²) in [4.78, 5) is 12.8. The fourth-order valence-electron chi connectivity index (χ4n) is 2.32. The lowest BCUT2D eigenvalue weighted by Crippen LogP contribution is -2.45. The van der Waals surface area contributed by atoms with Gasteiger partial charge in [0, 0.05) is 10.6 Å². The van der Waals surface area contributed by atoms with Crippen LogP contribution in [0.5, 0.6) is 0 Å². The van der Waals surface area contributed by atoms with Gasteiger partial charge in [-0.2, -0.15) is 5.26 Å². The van der Waals surface area contributed by atoms with Gasteiger partial charge in [0.2, 0.25) is 5.91 Å². The third-order valence-electron chi connectivity index (χ3n) is 3.36. The SMILES string of the molecule is N#CC1(NC(=O)CSc2ccc(N)cc2Cl)CCCC1. The van der Waals surface area contributed by atoms with Gasteiger partial charge in [0.1, 0.15) is 5.54 Å². The highest BCUT2D eigenvalue weighted by molar-refractivity contribution is 8.00. The molecule has 1 aliphatic carbocycles. The van der Waals surface area contributed by atoms with Crippen LogP contribution in [-0.2, 0) is 4.79 Å². The molecule has 0 aliphatic heterocycles. The predicted octanol–water partition coefficient (Wildman–Crippen LogP) is 2.97. The van der Waals surface area contributed by atoms with Crippen LogP contribution < -0.4 is 11.1 Å². The summed E-state index contributed by atoms with van der Waals surface area (Å²) in [5, 5.41) is 12.6. The summed E-state index contributed by atoms with van der Waals surface area (Å²) in [5.41, 5.74) is 5.55. The Kier molecular flexibility index (Phi) is 4.79. The number of nitrogens with zero attached hydrogens (tertiary/aromatic N) is 1. The smallest absolute Gasteiger partial charge is 0.231 e. The second-order valence-electron chi connectivity index (χ2n) is 4.93. The quantitative estimate of drug-likeness (QED) is 0.662. The van der Waals surface area contributed by atoms with Crippen LogP contribution in [0.4, 0.5) is 5.69 Å². The van der Waals surface area contributed by atoms with Gasteiger partial charge in [-0.3, -0.25) is 4.79 Å². The van der Waals surface area contributed by atoms with Crippen molar-refractivity contribution >= 4 is 35.0 Å². The molecule has 0 spiro atoms. The molecule has 3 N–H and O–H groups in total. The molecule has 0 saturated heterocycles. The van der Waals surface area contributed by atoms with Crippen molar-refractivity contribution in [3.63, 3.8) is 0 Å². The molecule has 0 atom stereocenters. The van der Waals surface area contributed by atoms with Gasteiger partial charge < -0.3 is 11.1 Å². The zero-order chi connectivity index (χ0) is 14.6. The predicted molar refractivity (Wildman–Crippen MR) is 81.5 cm³/mol. The number of nitriles is 1. The van der Waals surface area contributed by atoms with Crippen LogP contribution >= 0.6 is 23.4 Å². The largest absolute Gasteiger partial charge is 0.399 e. The van der Waals surface area contributed by atoms with Gasteiger partial charge in [0.05, 0.1) is 16.8 Å². The number of rotatable bonds is 4. The summed E-state index contributed by atoms with van der Waals surface area (Å²) in [5.74, 6) is 0.110. The number of nitrogen functional groups attached to an aromatic ring is 1. The first kappa shape index (κ1) is 15.0. The van der Waals surface area contributed by atoms with Gasteiger partial charge in [-0.15, -0.1) is 11.8 Å². The molecule has 1 fully saturated rings. The molecule has 4 nitrogen and oxygen atoms in total. The van der Waals surface area contributed by atoms with Gasteiger partial charge >= 0.3 is 0 Å². The lowest BCUT2D eigenvalue weighted by atomic mass is 10.0. The lowest BCUT2D eigenvalue weighted by Gasteiger charge is -2.21. The van der Waals surface area contributed by atoms with E-state index in [0.717, 1.165) is 30.6 Å². The molecule has 106 valence electrons. The summed E-state index contributed by atoms with van der Waals surface area (Å²) >= 11 is 7.40. The average Bonchev–Trinajstić information content (AvgIpc) is 2.87. The Bertz CT molecular complexity index is 550. The minimum absolute atomic E-state index is 0.133. The number of hydrogen-bond donors (Lipinski definition) is 2. The van der Waals surface area contributed by atoms with E-state index in [1.165, 1.54) is 11.8 Å². The number of nitrogens with two attached hydrogens (primary N) is 1. The summed E-state index contributed by atoms with van der Waals surface area (Å²) in [7, 11) is 0. The van der Waals surface area contributed by atoms with Crippen LogP contribution in [0.3, 0.4) is 0 Å². The molecule has 0 bridgehead atoms. The van der Waals surface area contributed by atoms with Gasteiger partial charge in [0.25, 0.3) is 0 Å². The zero-order valence-corrected chi connectivity index (χ0v) is 12.6. The third-order valence-corrected chi connectivity index (χ3v) is 4.86. The topological polar surface area (TPSA) is 78.9 Å². The Morgan fingerprint density at radius 1 is 1.50 bits per heavy atom. The number of nitrogens with one attached hydrogen (secondary N) is 1. The Morgan fingerprint density at radius 2 is 2.20 bits per heavy atom. The molecule has 1 saturated carbocycles. The van der Waals surface area contributed by atoms with Crippen LogP contribution in [0.1, 0.15) is 25.7 Å². The Morgan fingerprint density at radius 3 is 2.80 bits per heavy atom. The maximum absolute atomic E-state index is 12.0. The summed E-state index contributed by atoms with van der Waals surface area (Å²) in [6.07, 6.45) is 3.46. The number of benzene rings is 1. The molecule has 20 heavy (non-hydrogen) atoms. The highest BCUT2D eigenvalue weighted by Crippen LogP contribution is 2.31. The minimum atomic E-state index is -0.664. The molecule has 6 heteroatoms. The van der Waals surface area contributed by atoms with Gasteiger partial charge in [-0.25, -0.2) is 0 Å². The van der Waals surface area contributed by atoms with Gasteiger partial charge in [0.15, 0.2) is 0 Å². The fourth-order valence-corrected chi connectivity index (χ4v) is 3.40. The van der Waals surface area contributed by atoms with Crippen LogP contribution in [0.25, 0.3) is 0 Å². The van der Waals surface area contributed by atoms with Crippen LogP contribution in [-0.4, -0.2) is 17.2 Å². The molecular formula is C14H16ClN3OS. The number of hydrogen-bond acceptors (Lipinski definition) is 4. The molecule has 0 unspecified atom stereocenters. The molecule has 1 aromatic rings. The lowest BCUT2D eigenvalue weighted by molar-refractivity contribution is -0.119. The van der Waals surface area contributed by atoms with Crippen molar-refractivity contribution in [2.75, 3.05) is 11.5 Å². The molecule has 0 heterocycles. The van der Waals surface area contributed by atoms with E-state index < -0.39 is 5.54 Å². The Balaban J connectivity index is 1.91. The highest BCUT2D eigenvalue weighted by atomic mass is 35.5. The first-order valence-corrected chi connectivity index (χ1v) is 7.81. The van der Waals surface area contributed by atoms with E-state index in [0.29, 0.717) is 10.7 Å². The van der Waals surface area contributed by atoms with Gasteiger partial charge in [-0.1, -0.05) is 11.6 Å². The maximum atomic E-state index is 12.0. The van der Waals surface area contributed by atoms with Crippen molar-refractivity contribution in [1.82, 2.24) is 5.32 Å². The molecule has 0 aromatic heterocycles. The van der Waals surface area contributed by atoms with Crippen molar-refractivity contribution < 1.29 is 4.79 Å². The molecule has 2 rings (SSSR count). The first-order valence-electron chi connectivity index (χ1n) is 6.45. The van der Waals surface area contributed by atoms with E-state index in [9.17, 15) is 10.1 Å². The molecule has 1 amide bonds. The molecular weight excluding hydrogens is 294 g/mol. The third kappa shape index (κ3) is 3.59. The van der Waals surface area contributed by atoms with E-state index in [1.54, 1.807) is 18.2 Å². The summed E-state index contributed by atoms with van der Waals surface area (Å²) in [6.45, 7) is 0. The van der Waals surface area contributed by atoms with E-state index in [1.807, 2.05) is 0 Å². The van der Waals surface area contributed by atoms with Crippen LogP contribution in [0, 0.1) is 11.3 Å². The van der Waals surface area contributed by atoms with Crippen molar-refractivity contribution in [3.05, 3.63) is 23.2 Å². The van der Waals surface area contributed by atoms with E-state index >= 15 is 0 Å². The van der Waals surface area contributed by atoms with Crippen LogP contribution in [0.2, 0.25) is 5.02 Å². The minimum Gasteiger partial charge on any atom is -0.399 e. The fraction of sp³-hybridized carbons (Fsp3) is 0.429. The zero-order valence-electron chi connectivity index (χ0n) is 11.0. The summed E-state index contributed by atoms with van der Waals surface area (Å²) < 4.78 is 0. The Hall–Kier alpha value is -1.38. The molecule has 0 radical (unpaired) electrons. The van der Waals surface area contributed by atoms with Gasteiger partial charge in [-0.05, 0) is 43.9 Å². The second-order valence-corrected chi connectivity index (χ2v) is 6.35. The van der Waals surface area contributed by atoms with E-state index in [-0.39, 0.29) is 11.7 Å². The maximum Gasteiger partial charge on any atom is 0.231 e. The van der Waals surface area contributed by atoms with Crippen molar-refractivity contribution in [2.24, 2.45) is 0 Å². The number of carbonyl (C=O) groups excluding carboxylic acids is 1. The molecule has 1 aliphatic rings. The molecule has 1 aromatic carbocycles. The highest BCUT2D eigenvalue weighted by Gasteiger charge is 2.35. The van der Waals surface area contributed by atoms with Crippen molar-refractivity contribution in [1.29, 1.82) is 5.26 Å². The number of amides is 1. The van der Waals surface area contributed by atoms with E-state index in [4.69, 9.17) is 17.3 Å². The van der Waals surface area contributed by atoms with Crippen molar-refractivity contribution in [2.45, 2.75) is 36.1 Å². The first-order chi connectivity index (χ1) is 9.54.